The van der Waals surface area contributed by atoms with Crippen LogP contribution in [0.5, 0.6) is 0 Å². The molecule has 0 aromatic heterocycles. The van der Waals surface area contributed by atoms with Crippen molar-refractivity contribution in [1.82, 2.24) is 5.32 Å². The van der Waals surface area contributed by atoms with E-state index in [1.807, 2.05) is 0 Å². The maximum Gasteiger partial charge on any atom is 0.221 e. The van der Waals surface area contributed by atoms with E-state index in [2.05, 4.69) is 19.2 Å². The van der Waals surface area contributed by atoms with Crippen LogP contribution >= 0.6 is 0 Å². The monoisotopic (exact) mass is 216 g/mol. The van der Waals surface area contributed by atoms with Crippen LogP contribution in [-0.4, -0.2) is 29.7 Å². The minimum Gasteiger partial charge on any atom is -0.389 e. The van der Waals surface area contributed by atoms with Gasteiger partial charge in [0.15, 0.2) is 0 Å². The maximum absolute atomic E-state index is 10.8. The maximum atomic E-state index is 10.8. The second-order valence-corrected chi connectivity index (χ2v) is 5.03. The van der Waals surface area contributed by atoms with Gasteiger partial charge in [0, 0.05) is 19.0 Å². The number of aliphatic hydroxyl groups is 1. The molecule has 2 unspecified atom stereocenters. The normalized spacial score (nSPS) is 17.5. The molecule has 4 nitrogen and oxygen atoms in total. The zero-order valence-corrected chi connectivity index (χ0v) is 10.2. The van der Waals surface area contributed by atoms with Crippen LogP contribution in [-0.2, 0) is 4.79 Å². The van der Waals surface area contributed by atoms with Crippen LogP contribution in [0.1, 0.15) is 34.1 Å². The molecule has 0 fully saturated rings. The summed E-state index contributed by atoms with van der Waals surface area (Å²) in [6, 6.07) is 0. The van der Waals surface area contributed by atoms with Crippen LogP contribution in [0.15, 0.2) is 0 Å². The summed E-state index contributed by atoms with van der Waals surface area (Å²) in [6.45, 7) is 8.72. The van der Waals surface area contributed by atoms with Crippen molar-refractivity contribution in [3.63, 3.8) is 0 Å². The van der Waals surface area contributed by atoms with Gasteiger partial charge in [-0.25, -0.2) is 0 Å². The molecule has 0 spiro atoms. The molecule has 0 aliphatic carbocycles. The van der Waals surface area contributed by atoms with Gasteiger partial charge in [0.05, 0.1) is 5.60 Å². The van der Waals surface area contributed by atoms with Gasteiger partial charge in [-0.2, -0.15) is 0 Å². The molecule has 90 valence electrons. The number of nitrogens with two attached hydrogens (primary N) is 1. The lowest BCUT2D eigenvalue weighted by molar-refractivity contribution is -0.121. The molecule has 0 aliphatic heterocycles. The number of carbonyl (C=O) groups is 1. The molecular weight excluding hydrogens is 192 g/mol. The Labute approximate surface area is 92.2 Å². The zero-order chi connectivity index (χ0) is 12.1. The summed E-state index contributed by atoms with van der Waals surface area (Å²) >= 11 is 0. The predicted octanol–water partition coefficient (Wildman–Crippen LogP) is 0.494. The number of amides is 1. The Kier molecular flexibility index (Phi) is 5.83. The highest BCUT2D eigenvalue weighted by Crippen LogP contribution is 2.14. The van der Waals surface area contributed by atoms with E-state index in [1.165, 1.54) is 0 Å². The van der Waals surface area contributed by atoms with Crippen molar-refractivity contribution >= 4 is 5.91 Å². The van der Waals surface area contributed by atoms with E-state index < -0.39 is 5.60 Å². The van der Waals surface area contributed by atoms with Crippen molar-refractivity contribution < 1.29 is 9.90 Å². The van der Waals surface area contributed by atoms with Crippen LogP contribution in [0, 0.1) is 11.8 Å². The SMILES string of the molecule is CC(C)CC(C)(O)CNCC(C)C(N)=O. The quantitative estimate of drug-likeness (QED) is 0.580. The fraction of sp³-hybridized carbons (Fsp3) is 0.909. The predicted molar refractivity (Wildman–Crippen MR) is 61.3 cm³/mol. The van der Waals surface area contributed by atoms with Crippen molar-refractivity contribution in [1.29, 1.82) is 0 Å². The Bertz CT molecular complexity index is 203. The van der Waals surface area contributed by atoms with Gasteiger partial charge in [-0.1, -0.05) is 20.8 Å². The number of nitrogens with one attached hydrogen (secondary N) is 1. The summed E-state index contributed by atoms with van der Waals surface area (Å²) in [4.78, 5) is 10.8. The molecule has 0 radical (unpaired) electrons. The molecule has 15 heavy (non-hydrogen) atoms. The van der Waals surface area contributed by atoms with Gasteiger partial charge in [-0.15, -0.1) is 0 Å². The second-order valence-electron chi connectivity index (χ2n) is 5.03. The molecular formula is C11H24N2O2. The van der Waals surface area contributed by atoms with Gasteiger partial charge >= 0.3 is 0 Å². The molecule has 2 atom stereocenters. The van der Waals surface area contributed by atoms with Crippen LogP contribution in [0.2, 0.25) is 0 Å². The molecule has 0 aromatic rings. The first-order valence-electron chi connectivity index (χ1n) is 5.47. The average Bonchev–Trinajstić information content (AvgIpc) is 2.00. The van der Waals surface area contributed by atoms with Crippen LogP contribution in [0.25, 0.3) is 0 Å². The minimum absolute atomic E-state index is 0.195. The number of primary amides is 1. The van der Waals surface area contributed by atoms with E-state index in [4.69, 9.17) is 5.73 Å². The highest BCUT2D eigenvalue weighted by Gasteiger charge is 2.21. The molecule has 0 saturated heterocycles. The standard InChI is InChI=1S/C11H24N2O2/c1-8(2)5-11(4,15)7-13-6-9(3)10(12)14/h8-9,13,15H,5-7H2,1-4H3,(H2,12,14). The largest absolute Gasteiger partial charge is 0.389 e. The Morgan fingerprint density at radius 3 is 2.40 bits per heavy atom. The third-order valence-corrected chi connectivity index (χ3v) is 2.29. The van der Waals surface area contributed by atoms with E-state index in [9.17, 15) is 9.90 Å². The average molecular weight is 216 g/mol. The highest BCUT2D eigenvalue weighted by atomic mass is 16.3. The van der Waals surface area contributed by atoms with Gasteiger partial charge in [-0.05, 0) is 19.3 Å². The van der Waals surface area contributed by atoms with Gasteiger partial charge in [0.1, 0.15) is 0 Å². The van der Waals surface area contributed by atoms with Crippen LogP contribution in [0.3, 0.4) is 0 Å². The number of hydrogen-bond acceptors (Lipinski definition) is 3. The molecule has 0 rings (SSSR count). The first-order valence-corrected chi connectivity index (χ1v) is 5.47. The molecule has 1 amide bonds. The smallest absolute Gasteiger partial charge is 0.221 e. The summed E-state index contributed by atoms with van der Waals surface area (Å²) in [5, 5.41) is 13.0. The summed E-state index contributed by atoms with van der Waals surface area (Å²) in [6.07, 6.45) is 0.741. The summed E-state index contributed by atoms with van der Waals surface area (Å²) < 4.78 is 0. The molecule has 0 aliphatic rings. The molecule has 4 N–H and O–H groups in total. The van der Waals surface area contributed by atoms with E-state index in [0.717, 1.165) is 6.42 Å². The van der Waals surface area contributed by atoms with Gasteiger partial charge < -0.3 is 16.2 Å². The summed E-state index contributed by atoms with van der Waals surface area (Å²) in [7, 11) is 0. The number of hydrogen-bond donors (Lipinski definition) is 3. The molecule has 0 aromatic carbocycles. The molecule has 4 heteroatoms. The lowest BCUT2D eigenvalue weighted by atomic mass is 9.94. The van der Waals surface area contributed by atoms with E-state index in [-0.39, 0.29) is 11.8 Å². The van der Waals surface area contributed by atoms with Gasteiger partial charge in [-0.3, -0.25) is 4.79 Å². The second kappa shape index (κ2) is 6.08. The Hall–Kier alpha value is -0.610. The van der Waals surface area contributed by atoms with Gasteiger partial charge in [0.25, 0.3) is 0 Å². The van der Waals surface area contributed by atoms with E-state index in [1.54, 1.807) is 13.8 Å². The highest BCUT2D eigenvalue weighted by molar-refractivity contribution is 5.76. The van der Waals surface area contributed by atoms with Crippen molar-refractivity contribution in [2.75, 3.05) is 13.1 Å². The third-order valence-electron chi connectivity index (χ3n) is 2.29. The number of carbonyl (C=O) groups excluding carboxylic acids is 1. The van der Waals surface area contributed by atoms with Crippen molar-refractivity contribution in [2.45, 2.75) is 39.7 Å². The first-order chi connectivity index (χ1) is 6.74. The van der Waals surface area contributed by atoms with Crippen LogP contribution < -0.4 is 11.1 Å². The Balaban J connectivity index is 3.79. The van der Waals surface area contributed by atoms with E-state index in [0.29, 0.717) is 19.0 Å². The lowest BCUT2D eigenvalue weighted by Gasteiger charge is -2.26. The van der Waals surface area contributed by atoms with Gasteiger partial charge in [0.2, 0.25) is 5.91 Å². The molecule has 0 heterocycles. The minimum atomic E-state index is -0.717. The summed E-state index contributed by atoms with van der Waals surface area (Å²) in [5.41, 5.74) is 4.41. The van der Waals surface area contributed by atoms with Crippen molar-refractivity contribution in [3.8, 4) is 0 Å². The topological polar surface area (TPSA) is 75.3 Å². The Morgan fingerprint density at radius 2 is 2.00 bits per heavy atom. The summed E-state index contributed by atoms with van der Waals surface area (Å²) in [5.74, 6) is -0.0544. The van der Waals surface area contributed by atoms with Crippen LogP contribution in [0.4, 0.5) is 0 Å². The molecule has 0 bridgehead atoms. The fourth-order valence-corrected chi connectivity index (χ4v) is 1.61. The van der Waals surface area contributed by atoms with E-state index >= 15 is 0 Å². The van der Waals surface area contributed by atoms with Crippen molar-refractivity contribution in [3.05, 3.63) is 0 Å². The zero-order valence-electron chi connectivity index (χ0n) is 10.2. The number of rotatable bonds is 7. The lowest BCUT2D eigenvalue weighted by Crippen LogP contribution is -2.42. The Morgan fingerprint density at radius 1 is 1.47 bits per heavy atom. The fourth-order valence-electron chi connectivity index (χ4n) is 1.61. The third kappa shape index (κ3) is 7.33. The first kappa shape index (κ1) is 14.4. The van der Waals surface area contributed by atoms with Crippen molar-refractivity contribution in [2.24, 2.45) is 17.6 Å². The molecule has 0 saturated carbocycles.